The highest BCUT2D eigenvalue weighted by Crippen LogP contribution is 2.37. The summed E-state index contributed by atoms with van der Waals surface area (Å²) in [6.07, 6.45) is 1.04. The molecule has 0 radical (unpaired) electrons. The van der Waals surface area contributed by atoms with E-state index in [1.807, 2.05) is 54.6 Å². The van der Waals surface area contributed by atoms with Crippen molar-refractivity contribution in [2.24, 2.45) is 5.73 Å². The second kappa shape index (κ2) is 10.3. The zero-order chi connectivity index (χ0) is 23.2. The van der Waals surface area contributed by atoms with Gasteiger partial charge in [-0.1, -0.05) is 42.5 Å². The van der Waals surface area contributed by atoms with Crippen molar-refractivity contribution in [3.8, 4) is 11.5 Å². The molecule has 1 aliphatic rings. The van der Waals surface area contributed by atoms with Crippen molar-refractivity contribution in [3.63, 3.8) is 0 Å². The number of benzene rings is 3. The SMILES string of the molecule is NCCc1ccc(OCCC2Oc3ccccc3C(Cc3cccc(C(=O)O)c3)C2=O)cc1. The van der Waals surface area contributed by atoms with E-state index < -0.39 is 18.0 Å². The number of fused-ring (bicyclic) bond motifs is 1. The summed E-state index contributed by atoms with van der Waals surface area (Å²) in [7, 11) is 0. The number of nitrogens with two attached hydrogens (primary N) is 1. The second-order valence-electron chi connectivity index (χ2n) is 8.13. The van der Waals surface area contributed by atoms with Crippen LogP contribution in [-0.2, 0) is 17.6 Å². The lowest BCUT2D eigenvalue weighted by molar-refractivity contribution is -0.129. The average Bonchev–Trinajstić information content (AvgIpc) is 2.83. The Bertz CT molecular complexity index is 1130. The summed E-state index contributed by atoms with van der Waals surface area (Å²) in [5.74, 6) is 0.0200. The van der Waals surface area contributed by atoms with Gasteiger partial charge in [-0.05, 0) is 60.8 Å². The topological polar surface area (TPSA) is 98.8 Å². The Hall–Kier alpha value is -3.64. The van der Waals surface area contributed by atoms with Gasteiger partial charge in [0.1, 0.15) is 11.5 Å². The largest absolute Gasteiger partial charge is 0.493 e. The smallest absolute Gasteiger partial charge is 0.335 e. The highest BCUT2D eigenvalue weighted by molar-refractivity contribution is 5.92. The van der Waals surface area contributed by atoms with Crippen LogP contribution in [0.3, 0.4) is 0 Å². The minimum Gasteiger partial charge on any atom is -0.493 e. The molecule has 3 N–H and O–H groups in total. The van der Waals surface area contributed by atoms with Crippen LogP contribution in [0, 0.1) is 0 Å². The van der Waals surface area contributed by atoms with Crippen LogP contribution in [0.4, 0.5) is 0 Å². The molecule has 0 saturated heterocycles. The van der Waals surface area contributed by atoms with Crippen molar-refractivity contribution in [3.05, 3.63) is 95.1 Å². The number of carboxylic acid groups (broad SMARTS) is 1. The first-order chi connectivity index (χ1) is 16.0. The van der Waals surface area contributed by atoms with Gasteiger partial charge in [-0.3, -0.25) is 4.79 Å². The molecule has 0 amide bonds. The van der Waals surface area contributed by atoms with E-state index in [1.165, 1.54) is 0 Å². The molecule has 2 unspecified atom stereocenters. The van der Waals surface area contributed by atoms with Crippen molar-refractivity contribution < 1.29 is 24.2 Å². The molecule has 33 heavy (non-hydrogen) atoms. The third kappa shape index (κ3) is 5.41. The van der Waals surface area contributed by atoms with E-state index in [9.17, 15) is 14.7 Å². The molecule has 6 nitrogen and oxygen atoms in total. The van der Waals surface area contributed by atoms with Crippen LogP contribution >= 0.6 is 0 Å². The van der Waals surface area contributed by atoms with Crippen molar-refractivity contribution in [1.82, 2.24) is 0 Å². The number of aromatic carboxylic acids is 1. The molecular weight excluding hydrogens is 418 g/mol. The lowest BCUT2D eigenvalue weighted by Gasteiger charge is -2.31. The first-order valence-corrected chi connectivity index (χ1v) is 11.1. The van der Waals surface area contributed by atoms with E-state index >= 15 is 0 Å². The van der Waals surface area contributed by atoms with Crippen LogP contribution in [0.15, 0.2) is 72.8 Å². The number of carboxylic acids is 1. The van der Waals surface area contributed by atoms with Gasteiger partial charge in [-0.15, -0.1) is 0 Å². The van der Waals surface area contributed by atoms with Crippen molar-refractivity contribution in [1.29, 1.82) is 0 Å². The Kier molecular flexibility index (Phi) is 7.05. The van der Waals surface area contributed by atoms with Gasteiger partial charge < -0.3 is 20.3 Å². The van der Waals surface area contributed by atoms with Gasteiger partial charge in [0.15, 0.2) is 11.9 Å². The molecule has 3 aromatic carbocycles. The van der Waals surface area contributed by atoms with Crippen LogP contribution in [0.2, 0.25) is 0 Å². The van der Waals surface area contributed by atoms with Crippen molar-refractivity contribution in [2.45, 2.75) is 31.3 Å². The maximum atomic E-state index is 13.4. The zero-order valence-electron chi connectivity index (χ0n) is 18.3. The standard InChI is InChI=1S/C27H27NO5/c28-14-12-18-8-10-21(11-9-18)32-15-13-25-26(29)23(22-6-1-2-7-24(22)33-25)17-19-4-3-5-20(16-19)27(30)31/h1-11,16,23,25H,12-15,17,28H2,(H,30,31). The monoisotopic (exact) mass is 445 g/mol. The van der Waals surface area contributed by atoms with Crippen LogP contribution in [-0.4, -0.2) is 36.1 Å². The molecule has 170 valence electrons. The summed E-state index contributed by atoms with van der Waals surface area (Å²) < 4.78 is 11.9. The Balaban J connectivity index is 1.46. The Morgan fingerprint density at radius 1 is 1.00 bits per heavy atom. The zero-order valence-corrected chi connectivity index (χ0v) is 18.3. The summed E-state index contributed by atoms with van der Waals surface area (Å²) in [6, 6.07) is 22.0. The van der Waals surface area contributed by atoms with Crippen LogP contribution < -0.4 is 15.2 Å². The molecule has 0 saturated carbocycles. The highest BCUT2D eigenvalue weighted by atomic mass is 16.5. The van der Waals surface area contributed by atoms with Crippen LogP contribution in [0.25, 0.3) is 0 Å². The Morgan fingerprint density at radius 3 is 2.55 bits per heavy atom. The molecule has 3 aromatic rings. The number of carbonyl (C=O) groups is 2. The van der Waals surface area contributed by atoms with E-state index in [0.29, 0.717) is 31.7 Å². The van der Waals surface area contributed by atoms with E-state index in [4.69, 9.17) is 15.2 Å². The fraction of sp³-hybridized carbons (Fsp3) is 0.259. The van der Waals surface area contributed by atoms with Gasteiger partial charge in [-0.25, -0.2) is 4.79 Å². The van der Waals surface area contributed by atoms with Gasteiger partial charge in [0.2, 0.25) is 0 Å². The lowest BCUT2D eigenvalue weighted by atomic mass is 9.83. The quantitative estimate of drug-likeness (QED) is 0.516. The molecule has 1 heterocycles. The maximum Gasteiger partial charge on any atom is 0.335 e. The summed E-state index contributed by atoms with van der Waals surface area (Å²) in [4.78, 5) is 24.7. The fourth-order valence-corrected chi connectivity index (χ4v) is 4.15. The number of carbonyl (C=O) groups excluding carboxylic acids is 1. The van der Waals surface area contributed by atoms with E-state index in [1.54, 1.807) is 18.2 Å². The lowest BCUT2D eigenvalue weighted by Crippen LogP contribution is -2.38. The number of hydrogen-bond acceptors (Lipinski definition) is 5. The molecule has 0 aromatic heterocycles. The molecule has 0 aliphatic carbocycles. The number of Topliss-reactive ketones (excluding diaryl/α,β-unsaturated/α-hetero) is 1. The molecular formula is C27H27NO5. The minimum absolute atomic E-state index is 0.0173. The normalized spacial score (nSPS) is 17.2. The molecule has 2 atom stereocenters. The second-order valence-corrected chi connectivity index (χ2v) is 8.13. The molecule has 0 fully saturated rings. The summed E-state index contributed by atoms with van der Waals surface area (Å²) >= 11 is 0. The van der Waals surface area contributed by atoms with E-state index in [-0.39, 0.29) is 11.3 Å². The van der Waals surface area contributed by atoms with E-state index in [2.05, 4.69) is 0 Å². The van der Waals surface area contributed by atoms with Gasteiger partial charge in [0.05, 0.1) is 18.1 Å². The molecule has 6 heteroatoms. The first kappa shape index (κ1) is 22.6. The first-order valence-electron chi connectivity index (χ1n) is 11.1. The van der Waals surface area contributed by atoms with Crippen LogP contribution in [0.1, 0.15) is 39.4 Å². The number of ether oxygens (including phenoxy) is 2. The molecule has 0 spiro atoms. The number of hydrogen-bond donors (Lipinski definition) is 2. The highest BCUT2D eigenvalue weighted by Gasteiger charge is 2.36. The molecule has 1 aliphatic heterocycles. The predicted octanol–water partition coefficient (Wildman–Crippen LogP) is 4.01. The maximum absolute atomic E-state index is 13.4. The minimum atomic E-state index is -0.985. The number of ketones is 1. The van der Waals surface area contributed by atoms with Crippen LogP contribution in [0.5, 0.6) is 11.5 Å². The van der Waals surface area contributed by atoms with Gasteiger partial charge in [0, 0.05) is 12.0 Å². The summed E-state index contributed by atoms with van der Waals surface area (Å²) in [5.41, 5.74) is 8.58. The number of para-hydroxylation sites is 1. The van der Waals surface area contributed by atoms with Gasteiger partial charge >= 0.3 is 5.97 Å². The third-order valence-electron chi connectivity index (χ3n) is 5.84. The van der Waals surface area contributed by atoms with Crippen molar-refractivity contribution in [2.75, 3.05) is 13.2 Å². The van der Waals surface area contributed by atoms with Gasteiger partial charge in [-0.2, -0.15) is 0 Å². The Morgan fingerprint density at radius 2 is 1.79 bits per heavy atom. The Labute approximate surface area is 193 Å². The molecule has 0 bridgehead atoms. The fourth-order valence-electron chi connectivity index (χ4n) is 4.15. The van der Waals surface area contributed by atoms with E-state index in [0.717, 1.165) is 28.9 Å². The van der Waals surface area contributed by atoms with Crippen molar-refractivity contribution >= 4 is 11.8 Å². The molecule has 4 rings (SSSR count). The third-order valence-corrected chi connectivity index (χ3v) is 5.84. The van der Waals surface area contributed by atoms with Gasteiger partial charge in [0.25, 0.3) is 0 Å². The summed E-state index contributed by atoms with van der Waals surface area (Å²) in [6.45, 7) is 0.945. The summed E-state index contributed by atoms with van der Waals surface area (Å²) in [5, 5.41) is 9.29. The number of rotatable bonds is 9. The predicted molar refractivity (Wildman–Crippen MR) is 125 cm³/mol. The average molecular weight is 446 g/mol.